The van der Waals surface area contributed by atoms with Crippen molar-refractivity contribution >= 4 is 64.5 Å². The van der Waals surface area contributed by atoms with E-state index in [0.717, 1.165) is 64.7 Å². The van der Waals surface area contributed by atoms with E-state index in [9.17, 15) is 4.39 Å². The van der Waals surface area contributed by atoms with Crippen molar-refractivity contribution in [1.82, 2.24) is 19.5 Å². The molecule has 0 fully saturated rings. The molecule has 6 heteroatoms. The van der Waals surface area contributed by atoms with Crippen molar-refractivity contribution in [3.05, 3.63) is 107 Å². The summed E-state index contributed by atoms with van der Waals surface area (Å²) in [6, 6.07) is 24.8. The molecule has 222 valence electrons. The van der Waals surface area contributed by atoms with Gasteiger partial charge in [-0.2, -0.15) is 0 Å². The van der Waals surface area contributed by atoms with Gasteiger partial charge >= 0.3 is 0 Å². The first-order valence-corrected chi connectivity index (χ1v) is 16.1. The van der Waals surface area contributed by atoms with Crippen LogP contribution >= 0.6 is 11.3 Å². The zero-order chi connectivity index (χ0) is 33.6. The second-order valence-corrected chi connectivity index (χ2v) is 13.5. The monoisotopic (exact) mass is 611 g/mol. The van der Waals surface area contributed by atoms with Crippen LogP contribution in [0.15, 0.2) is 78.9 Å². The number of hydrogen-bond acceptors (Lipinski definition) is 4. The van der Waals surface area contributed by atoms with Crippen LogP contribution in [-0.2, 0) is 0 Å². The molecule has 0 aliphatic rings. The van der Waals surface area contributed by atoms with E-state index < -0.39 is 6.85 Å². The molecule has 0 aliphatic carbocycles. The van der Waals surface area contributed by atoms with Crippen molar-refractivity contribution in [1.29, 1.82) is 0 Å². The minimum atomic E-state index is -2.36. The maximum absolute atomic E-state index is 14.2. The number of halogens is 1. The lowest BCUT2D eigenvalue weighted by Gasteiger charge is -2.24. The minimum Gasteiger partial charge on any atom is -0.290 e. The fraction of sp³-hybridized carbons (Fsp3) is 0.205. The molecule has 4 aromatic heterocycles. The van der Waals surface area contributed by atoms with Crippen molar-refractivity contribution in [3.63, 3.8) is 0 Å². The van der Waals surface area contributed by atoms with Crippen LogP contribution in [0.25, 0.3) is 70.2 Å². The highest BCUT2D eigenvalue weighted by atomic mass is 32.1. The molecule has 0 bridgehead atoms. The number of imidazole rings is 1. The topological polar surface area (TPSA) is 43.6 Å². The molecule has 0 aliphatic heterocycles. The maximum atomic E-state index is 14.2. The number of aromatic nitrogens is 4. The molecule has 0 radical (unpaired) electrons. The Morgan fingerprint density at radius 2 is 1.53 bits per heavy atom. The molecular formula is C39H33FN4S. The number of aryl methyl sites for hydroxylation is 2. The Labute approximate surface area is 269 Å². The van der Waals surface area contributed by atoms with Crippen molar-refractivity contribution in [2.24, 2.45) is 0 Å². The molecule has 0 atom stereocenters. The normalized spacial score (nSPS) is 13.6. The average Bonchev–Trinajstić information content (AvgIpc) is 3.61. The summed E-state index contributed by atoms with van der Waals surface area (Å²) < 4.78 is 41.9. The third-order valence-electron chi connectivity index (χ3n) is 8.74. The molecule has 4 heterocycles. The van der Waals surface area contributed by atoms with Gasteiger partial charge in [0.05, 0.1) is 27.8 Å². The number of pyridine rings is 2. The molecule has 45 heavy (non-hydrogen) atoms. The third-order valence-corrected chi connectivity index (χ3v) is 9.89. The Morgan fingerprint density at radius 1 is 0.778 bits per heavy atom. The van der Waals surface area contributed by atoms with Crippen molar-refractivity contribution in [3.8, 4) is 17.1 Å². The molecule has 0 saturated carbocycles. The van der Waals surface area contributed by atoms with E-state index in [1.165, 1.54) is 28.8 Å². The van der Waals surface area contributed by atoms with Gasteiger partial charge in [-0.3, -0.25) is 9.55 Å². The third kappa shape index (κ3) is 4.34. The number of rotatable bonds is 4. The molecule has 0 saturated heterocycles. The van der Waals surface area contributed by atoms with Gasteiger partial charge in [0.1, 0.15) is 16.5 Å². The fourth-order valence-corrected chi connectivity index (χ4v) is 7.82. The first-order valence-electron chi connectivity index (χ1n) is 16.8. The quantitative estimate of drug-likeness (QED) is 0.199. The van der Waals surface area contributed by atoms with Gasteiger partial charge in [0.15, 0.2) is 0 Å². The number of benzene rings is 4. The lowest BCUT2D eigenvalue weighted by Crippen LogP contribution is -2.10. The van der Waals surface area contributed by atoms with Crippen LogP contribution in [0, 0.1) is 19.6 Å². The van der Waals surface area contributed by atoms with Crippen LogP contribution in [0.4, 0.5) is 4.39 Å². The van der Waals surface area contributed by atoms with Crippen LogP contribution in [0.1, 0.15) is 66.0 Å². The van der Waals surface area contributed by atoms with Crippen molar-refractivity contribution in [2.75, 3.05) is 0 Å². The highest BCUT2D eigenvalue weighted by Gasteiger charge is 2.26. The Kier molecular flexibility index (Phi) is 5.57. The molecule has 4 aromatic carbocycles. The van der Waals surface area contributed by atoms with E-state index in [1.54, 1.807) is 23.5 Å². The molecule has 8 aromatic rings. The summed E-state index contributed by atoms with van der Waals surface area (Å²) >= 11 is 1.60. The first-order chi connectivity index (χ1) is 22.9. The van der Waals surface area contributed by atoms with Crippen LogP contribution < -0.4 is 0 Å². The minimum absolute atomic E-state index is 0.0510. The highest BCUT2D eigenvalue weighted by Crippen LogP contribution is 2.44. The zero-order valence-electron chi connectivity index (χ0n) is 28.7. The van der Waals surface area contributed by atoms with Gasteiger partial charge < -0.3 is 0 Å². The fourth-order valence-electron chi connectivity index (χ4n) is 6.65. The Bertz CT molecular complexity index is 2570. The molecule has 0 amide bonds. The second kappa shape index (κ2) is 10.2. The molecule has 0 unspecified atom stereocenters. The Morgan fingerprint density at radius 3 is 2.29 bits per heavy atom. The van der Waals surface area contributed by atoms with E-state index in [2.05, 4.69) is 63.5 Å². The van der Waals surface area contributed by atoms with E-state index >= 15 is 0 Å². The summed E-state index contributed by atoms with van der Waals surface area (Å²) in [6.07, 6.45) is 0. The van der Waals surface area contributed by atoms with Gasteiger partial charge in [-0.25, -0.2) is 14.4 Å². The lowest BCUT2D eigenvalue weighted by molar-refractivity contribution is 0.629. The molecule has 4 nitrogen and oxygen atoms in total. The predicted octanol–water partition coefficient (Wildman–Crippen LogP) is 11.2. The summed E-state index contributed by atoms with van der Waals surface area (Å²) in [6.45, 7) is 8.59. The number of nitrogens with zero attached hydrogens (tertiary/aromatic N) is 4. The Balaban J connectivity index is 1.55. The van der Waals surface area contributed by atoms with Crippen molar-refractivity contribution in [2.45, 2.75) is 53.3 Å². The van der Waals surface area contributed by atoms with Crippen LogP contribution in [-0.4, -0.2) is 19.5 Å². The van der Waals surface area contributed by atoms with E-state index in [-0.39, 0.29) is 23.3 Å². The number of hydrogen-bond donors (Lipinski definition) is 0. The summed E-state index contributed by atoms with van der Waals surface area (Å²) in [5.41, 5.74) is 8.44. The first kappa shape index (κ1) is 24.6. The number of thiophene rings is 1. The van der Waals surface area contributed by atoms with Crippen LogP contribution in [0.5, 0.6) is 0 Å². The van der Waals surface area contributed by atoms with E-state index in [4.69, 9.17) is 19.1 Å². The van der Waals surface area contributed by atoms with E-state index in [1.807, 2.05) is 30.3 Å². The predicted molar refractivity (Wildman–Crippen MR) is 188 cm³/mol. The zero-order valence-corrected chi connectivity index (χ0v) is 26.6. The number of fused-ring (bicyclic) bond motifs is 7. The van der Waals surface area contributed by atoms with Crippen LogP contribution in [0.3, 0.4) is 0 Å². The summed E-state index contributed by atoms with van der Waals surface area (Å²) in [5, 5.41) is 3.59. The standard InChI is InChI=1S/C39H33FN4S/c1-20(2)29-16-22(5)17-30(21(3)4)35(29)44-36-33(14-12-24-11-10-23(6)41-34(24)36)42-38(44)28-9-7-8-27-31-19-25-18-26(40)13-15-32(25)43-39(31)45-37(27)28/h7-21H,1-6H3/i6D3. The molecule has 0 spiro atoms. The van der Waals surface area contributed by atoms with Gasteiger partial charge in [0, 0.05) is 41.6 Å². The lowest BCUT2D eigenvalue weighted by atomic mass is 9.90. The van der Waals surface area contributed by atoms with Gasteiger partial charge in [0.25, 0.3) is 0 Å². The van der Waals surface area contributed by atoms with Crippen LogP contribution in [0.2, 0.25) is 0 Å². The van der Waals surface area contributed by atoms with Gasteiger partial charge in [-0.1, -0.05) is 69.7 Å². The maximum Gasteiger partial charge on any atom is 0.147 e. The van der Waals surface area contributed by atoms with Crippen molar-refractivity contribution < 1.29 is 8.50 Å². The van der Waals surface area contributed by atoms with Gasteiger partial charge in [-0.15, -0.1) is 11.3 Å². The van der Waals surface area contributed by atoms with Gasteiger partial charge in [-0.05, 0) is 79.2 Å². The smallest absolute Gasteiger partial charge is 0.147 e. The SMILES string of the molecule is [2H]C([2H])([2H])c1ccc2ccc3nc(-c4cccc5c4sc4nc6ccc(F)cc6cc45)n(-c4c(C(C)C)cc(C)cc4C(C)C)c3c2n1. The van der Waals surface area contributed by atoms with E-state index in [0.29, 0.717) is 5.52 Å². The molecule has 8 rings (SSSR count). The summed E-state index contributed by atoms with van der Waals surface area (Å²) in [7, 11) is 0. The largest absolute Gasteiger partial charge is 0.290 e. The summed E-state index contributed by atoms with van der Waals surface area (Å²) in [4.78, 5) is 15.9. The molecular weight excluding hydrogens is 576 g/mol. The van der Waals surface area contributed by atoms with Gasteiger partial charge in [0.2, 0.25) is 0 Å². The molecule has 0 N–H and O–H groups in total. The highest BCUT2D eigenvalue weighted by molar-refractivity contribution is 7.26. The Hall–Kier alpha value is -4.68. The summed E-state index contributed by atoms with van der Waals surface area (Å²) in [5.74, 6) is 0.848. The average molecular weight is 612 g/mol. The second-order valence-electron chi connectivity index (χ2n) is 12.5.